The van der Waals surface area contributed by atoms with Crippen LogP contribution in [0.2, 0.25) is 0 Å². The van der Waals surface area contributed by atoms with Crippen molar-refractivity contribution >= 4 is 5.91 Å². The first-order valence-corrected chi connectivity index (χ1v) is 12.9. The fraction of sp³-hybridized carbons (Fsp3) is 0.964. The van der Waals surface area contributed by atoms with Crippen LogP contribution >= 0.6 is 0 Å². The highest BCUT2D eigenvalue weighted by Gasteiger charge is 2.25. The predicted octanol–water partition coefficient (Wildman–Crippen LogP) is 6.76. The summed E-state index contributed by atoms with van der Waals surface area (Å²) in [5, 5.41) is 12.3. The molecule has 0 saturated carbocycles. The number of nitrogens with one attached hydrogen (secondary N) is 1. The minimum atomic E-state index is -0.544. The van der Waals surface area contributed by atoms with Crippen LogP contribution in [0.15, 0.2) is 0 Å². The molecule has 1 amide bonds. The van der Waals surface area contributed by atoms with E-state index in [0.717, 1.165) is 18.9 Å². The van der Waals surface area contributed by atoms with Gasteiger partial charge in [-0.15, -0.1) is 0 Å². The Morgan fingerprint density at radius 1 is 0.788 bits per heavy atom. The van der Waals surface area contributed by atoms with Gasteiger partial charge in [0.25, 0.3) is 0 Å². The van der Waals surface area contributed by atoms with Gasteiger partial charge in [-0.05, 0) is 84.5 Å². The van der Waals surface area contributed by atoms with Crippen molar-refractivity contribution in [2.24, 2.45) is 17.3 Å². The van der Waals surface area contributed by atoms with Crippen LogP contribution in [0.1, 0.15) is 122 Å². The minimum Gasteiger partial charge on any atom is -0.393 e. The van der Waals surface area contributed by atoms with Crippen molar-refractivity contribution in [1.29, 1.82) is 0 Å². The highest BCUT2D eigenvalue weighted by molar-refractivity contribution is 5.76. The largest absolute Gasteiger partial charge is 0.393 e. The zero-order valence-electron chi connectivity index (χ0n) is 24.5. The molecule has 0 rings (SSSR count). The van der Waals surface area contributed by atoms with Gasteiger partial charge in [0.2, 0.25) is 5.91 Å². The van der Waals surface area contributed by atoms with Crippen molar-refractivity contribution in [1.82, 2.24) is 5.32 Å². The first-order valence-electron chi connectivity index (χ1n) is 12.9. The Kier molecular flexibility index (Phi) is 16.1. The molecule has 0 aliphatic carbocycles. The predicted molar refractivity (Wildman–Crippen MR) is 142 cm³/mol. The highest BCUT2D eigenvalue weighted by Crippen LogP contribution is 2.23. The zero-order valence-corrected chi connectivity index (χ0v) is 24.5. The molecule has 0 atom stereocenters. The Balaban J connectivity index is 0. The van der Waals surface area contributed by atoms with Gasteiger partial charge < -0.3 is 19.9 Å². The van der Waals surface area contributed by atoms with Gasteiger partial charge >= 0.3 is 0 Å². The van der Waals surface area contributed by atoms with Gasteiger partial charge in [-0.1, -0.05) is 48.5 Å². The summed E-state index contributed by atoms with van der Waals surface area (Å²) in [6.45, 7) is 28.7. The number of aliphatic hydroxyl groups is 1. The lowest BCUT2D eigenvalue weighted by atomic mass is 9.86. The Morgan fingerprint density at radius 2 is 1.30 bits per heavy atom. The Bertz CT molecular complexity index is 516. The normalized spacial score (nSPS) is 13.2. The molecule has 2 N–H and O–H groups in total. The van der Waals surface area contributed by atoms with Crippen LogP contribution in [0, 0.1) is 17.3 Å². The number of carbonyl (C=O) groups excluding carboxylic acids is 1. The molecule has 0 unspecified atom stereocenters. The van der Waals surface area contributed by atoms with E-state index < -0.39 is 5.60 Å². The van der Waals surface area contributed by atoms with Crippen LogP contribution in [0.5, 0.6) is 0 Å². The van der Waals surface area contributed by atoms with Crippen molar-refractivity contribution in [3.05, 3.63) is 0 Å². The average Bonchev–Trinajstić information content (AvgIpc) is 2.57. The first kappa shape index (κ1) is 34.5. The zero-order chi connectivity index (χ0) is 26.5. The number of rotatable bonds is 14. The van der Waals surface area contributed by atoms with E-state index in [2.05, 4.69) is 53.8 Å². The third kappa shape index (κ3) is 24.3. The number of ether oxygens (including phenoxy) is 2. The minimum absolute atomic E-state index is 0.0221. The van der Waals surface area contributed by atoms with Crippen molar-refractivity contribution in [3.63, 3.8) is 0 Å². The molecular formula is C28H59NO4. The maximum absolute atomic E-state index is 12.3. The lowest BCUT2D eigenvalue weighted by Gasteiger charge is -2.30. The first-order chi connectivity index (χ1) is 14.7. The van der Waals surface area contributed by atoms with Crippen molar-refractivity contribution in [3.8, 4) is 0 Å². The molecule has 33 heavy (non-hydrogen) atoms. The quantitative estimate of drug-likeness (QED) is 0.292. The molecule has 0 aromatic heterocycles. The smallest absolute Gasteiger partial charge is 0.220 e. The number of carbonyl (C=O) groups is 1. The fourth-order valence-corrected chi connectivity index (χ4v) is 3.41. The van der Waals surface area contributed by atoms with Gasteiger partial charge in [0.1, 0.15) is 0 Å². The molecule has 0 aromatic carbocycles. The standard InChI is InChI=1S/C20H41NO4.C8H18/c1-16(2)10-13-24-19(5,6)11-9-17(23)21-18(3,4)12-14-25-20(7,8)15-22;1-7(2)6-8(3,4)5/h16,22H,9-15H2,1-8H3,(H,21,23);7H,6H2,1-5H3. The topological polar surface area (TPSA) is 67.8 Å². The van der Waals surface area contributed by atoms with Crippen LogP contribution in [0.25, 0.3) is 0 Å². The Labute approximate surface area is 206 Å². The van der Waals surface area contributed by atoms with E-state index in [1.807, 2.05) is 41.5 Å². The van der Waals surface area contributed by atoms with Crippen LogP contribution < -0.4 is 5.32 Å². The molecular weight excluding hydrogens is 414 g/mol. The summed E-state index contributed by atoms with van der Waals surface area (Å²) in [7, 11) is 0. The van der Waals surface area contributed by atoms with Gasteiger partial charge in [-0.25, -0.2) is 0 Å². The van der Waals surface area contributed by atoms with Gasteiger partial charge in [0, 0.05) is 25.2 Å². The average molecular weight is 474 g/mol. The summed E-state index contributed by atoms with van der Waals surface area (Å²) < 4.78 is 11.6. The molecule has 0 heterocycles. The number of amides is 1. The Hall–Kier alpha value is -0.650. The van der Waals surface area contributed by atoms with E-state index in [9.17, 15) is 9.90 Å². The molecule has 0 saturated heterocycles. The molecule has 0 aromatic rings. The third-order valence-corrected chi connectivity index (χ3v) is 5.24. The van der Waals surface area contributed by atoms with E-state index in [1.165, 1.54) is 6.42 Å². The van der Waals surface area contributed by atoms with Crippen molar-refractivity contribution in [2.45, 2.75) is 139 Å². The summed E-state index contributed by atoms with van der Waals surface area (Å²) in [5.41, 5.74) is -0.651. The van der Waals surface area contributed by atoms with E-state index in [1.54, 1.807) is 0 Å². The SMILES string of the molecule is CC(C)CC(C)(C)C.CC(C)CCOC(C)(C)CCC(=O)NC(C)(C)CCOC(C)(C)CO. The van der Waals surface area contributed by atoms with Gasteiger partial charge in [-0.3, -0.25) is 4.79 Å². The second-order valence-corrected chi connectivity index (χ2v) is 13.4. The molecule has 0 radical (unpaired) electrons. The fourth-order valence-electron chi connectivity index (χ4n) is 3.41. The summed E-state index contributed by atoms with van der Waals surface area (Å²) in [4.78, 5) is 12.3. The maximum atomic E-state index is 12.3. The second kappa shape index (κ2) is 15.4. The van der Waals surface area contributed by atoms with Gasteiger partial charge in [0.15, 0.2) is 0 Å². The van der Waals surface area contributed by atoms with Crippen molar-refractivity contribution < 1.29 is 19.4 Å². The second-order valence-electron chi connectivity index (χ2n) is 13.4. The van der Waals surface area contributed by atoms with Crippen LogP contribution in [-0.4, -0.2) is 47.6 Å². The van der Waals surface area contributed by atoms with E-state index in [4.69, 9.17) is 9.47 Å². The van der Waals surface area contributed by atoms with E-state index >= 15 is 0 Å². The molecule has 0 bridgehead atoms. The molecule has 5 heteroatoms. The van der Waals surface area contributed by atoms with Crippen LogP contribution in [-0.2, 0) is 14.3 Å². The molecule has 0 fully saturated rings. The molecule has 200 valence electrons. The number of aliphatic hydroxyl groups excluding tert-OH is 1. The van der Waals surface area contributed by atoms with Crippen molar-refractivity contribution in [2.75, 3.05) is 19.8 Å². The summed E-state index contributed by atoms with van der Waals surface area (Å²) in [6, 6.07) is 0. The molecule has 0 aliphatic rings. The molecule has 0 aliphatic heterocycles. The van der Waals surface area contributed by atoms with Gasteiger partial charge in [-0.2, -0.15) is 0 Å². The number of hydrogen-bond acceptors (Lipinski definition) is 4. The molecule has 0 spiro atoms. The maximum Gasteiger partial charge on any atom is 0.220 e. The lowest BCUT2D eigenvalue weighted by molar-refractivity contribution is -0.125. The molecule has 5 nitrogen and oxygen atoms in total. The lowest BCUT2D eigenvalue weighted by Crippen LogP contribution is -2.45. The third-order valence-electron chi connectivity index (χ3n) is 5.24. The highest BCUT2D eigenvalue weighted by atomic mass is 16.5. The summed E-state index contributed by atoms with van der Waals surface area (Å²) in [6.07, 6.45) is 4.19. The monoisotopic (exact) mass is 473 g/mol. The van der Waals surface area contributed by atoms with E-state index in [0.29, 0.717) is 37.2 Å². The summed E-state index contributed by atoms with van der Waals surface area (Å²) >= 11 is 0. The number of hydrogen-bond donors (Lipinski definition) is 2. The Morgan fingerprint density at radius 3 is 1.70 bits per heavy atom. The van der Waals surface area contributed by atoms with Crippen LogP contribution in [0.3, 0.4) is 0 Å². The van der Waals surface area contributed by atoms with Crippen LogP contribution in [0.4, 0.5) is 0 Å². The summed E-state index contributed by atoms with van der Waals surface area (Å²) in [5.74, 6) is 1.50. The van der Waals surface area contributed by atoms with Gasteiger partial charge in [0.05, 0.1) is 17.8 Å². The van der Waals surface area contributed by atoms with E-state index in [-0.39, 0.29) is 23.7 Å².